The van der Waals surface area contributed by atoms with Gasteiger partial charge in [0.1, 0.15) is 0 Å². The van der Waals surface area contributed by atoms with Gasteiger partial charge in [0.05, 0.1) is 5.92 Å². The van der Waals surface area contributed by atoms with Crippen molar-refractivity contribution in [1.82, 2.24) is 4.90 Å². The molecule has 17 heavy (non-hydrogen) atoms. The molecule has 3 heteroatoms. The van der Waals surface area contributed by atoms with Crippen LogP contribution in [-0.2, 0) is 4.79 Å². The SMILES string of the molecule is CC1(C)CCN(C2CCCCC2C(=O)O)CC1. The van der Waals surface area contributed by atoms with Crippen LogP contribution in [0.25, 0.3) is 0 Å². The smallest absolute Gasteiger partial charge is 0.308 e. The van der Waals surface area contributed by atoms with E-state index in [1.54, 1.807) is 0 Å². The van der Waals surface area contributed by atoms with Crippen LogP contribution in [0.1, 0.15) is 52.4 Å². The first-order valence-electron chi connectivity index (χ1n) is 6.96. The third-order valence-corrected chi connectivity index (χ3v) is 4.67. The van der Waals surface area contributed by atoms with Gasteiger partial charge in [0.2, 0.25) is 0 Å². The van der Waals surface area contributed by atoms with E-state index in [-0.39, 0.29) is 5.92 Å². The molecule has 0 radical (unpaired) electrons. The fraction of sp³-hybridized carbons (Fsp3) is 0.929. The Kier molecular flexibility index (Phi) is 3.76. The summed E-state index contributed by atoms with van der Waals surface area (Å²) in [6.07, 6.45) is 6.66. The van der Waals surface area contributed by atoms with Crippen LogP contribution in [0, 0.1) is 11.3 Å². The summed E-state index contributed by atoms with van der Waals surface area (Å²) in [6.45, 7) is 6.81. The van der Waals surface area contributed by atoms with Gasteiger partial charge in [-0.25, -0.2) is 0 Å². The number of nitrogens with zero attached hydrogens (tertiary/aromatic N) is 1. The van der Waals surface area contributed by atoms with Gasteiger partial charge in [-0.2, -0.15) is 0 Å². The predicted octanol–water partition coefficient (Wildman–Crippen LogP) is 2.75. The predicted molar refractivity (Wildman–Crippen MR) is 68.0 cm³/mol. The molecule has 0 aromatic carbocycles. The fourth-order valence-electron chi connectivity index (χ4n) is 3.30. The third kappa shape index (κ3) is 3.01. The van der Waals surface area contributed by atoms with Crippen molar-refractivity contribution >= 4 is 5.97 Å². The van der Waals surface area contributed by atoms with E-state index in [0.29, 0.717) is 11.5 Å². The zero-order valence-electron chi connectivity index (χ0n) is 11.1. The summed E-state index contributed by atoms with van der Waals surface area (Å²) >= 11 is 0. The van der Waals surface area contributed by atoms with E-state index in [4.69, 9.17) is 0 Å². The highest BCUT2D eigenvalue weighted by Gasteiger charge is 2.37. The quantitative estimate of drug-likeness (QED) is 0.805. The standard InChI is InChI=1S/C14H25NO2/c1-14(2)7-9-15(10-8-14)12-6-4-3-5-11(12)13(16)17/h11-12H,3-10H2,1-2H3,(H,16,17). The number of hydrogen-bond acceptors (Lipinski definition) is 2. The molecule has 1 heterocycles. The molecule has 1 aliphatic heterocycles. The number of likely N-dealkylation sites (tertiary alicyclic amines) is 1. The van der Waals surface area contributed by atoms with Gasteiger partial charge >= 0.3 is 5.97 Å². The lowest BCUT2D eigenvalue weighted by molar-refractivity contribution is -0.146. The summed E-state index contributed by atoms with van der Waals surface area (Å²) in [5.74, 6) is -0.704. The molecule has 1 aliphatic carbocycles. The molecule has 0 aromatic rings. The minimum absolute atomic E-state index is 0.120. The van der Waals surface area contributed by atoms with E-state index in [2.05, 4.69) is 18.7 Å². The zero-order chi connectivity index (χ0) is 12.5. The maximum absolute atomic E-state index is 11.3. The Morgan fingerprint density at radius 1 is 1.18 bits per heavy atom. The summed E-state index contributed by atoms with van der Waals surface area (Å²) in [4.78, 5) is 13.8. The van der Waals surface area contributed by atoms with Gasteiger partial charge in [0, 0.05) is 6.04 Å². The summed E-state index contributed by atoms with van der Waals surface area (Å²) in [7, 11) is 0. The lowest BCUT2D eigenvalue weighted by Gasteiger charge is -2.44. The molecule has 2 unspecified atom stereocenters. The Bertz CT molecular complexity index is 278. The number of aliphatic carboxylic acids is 1. The van der Waals surface area contributed by atoms with Crippen molar-refractivity contribution in [2.24, 2.45) is 11.3 Å². The summed E-state index contributed by atoms with van der Waals surface area (Å²) in [5.41, 5.74) is 0.448. The summed E-state index contributed by atoms with van der Waals surface area (Å²) < 4.78 is 0. The number of carbonyl (C=O) groups is 1. The van der Waals surface area contributed by atoms with E-state index in [1.165, 1.54) is 19.3 Å². The van der Waals surface area contributed by atoms with E-state index >= 15 is 0 Å². The van der Waals surface area contributed by atoms with Crippen LogP contribution in [0.5, 0.6) is 0 Å². The zero-order valence-corrected chi connectivity index (χ0v) is 11.1. The van der Waals surface area contributed by atoms with Gasteiger partial charge < -0.3 is 5.11 Å². The number of hydrogen-bond donors (Lipinski definition) is 1. The van der Waals surface area contributed by atoms with Crippen molar-refractivity contribution in [3.8, 4) is 0 Å². The molecule has 0 amide bonds. The van der Waals surface area contributed by atoms with E-state index in [9.17, 15) is 9.90 Å². The van der Waals surface area contributed by atoms with Gasteiger partial charge in [-0.1, -0.05) is 26.7 Å². The Morgan fingerprint density at radius 2 is 1.76 bits per heavy atom. The number of rotatable bonds is 2. The lowest BCUT2D eigenvalue weighted by Crippen LogP contribution is -2.49. The van der Waals surface area contributed by atoms with Crippen molar-refractivity contribution in [2.45, 2.75) is 58.4 Å². The second-order valence-electron chi connectivity index (χ2n) is 6.50. The van der Waals surface area contributed by atoms with E-state index in [1.807, 2.05) is 0 Å². The van der Waals surface area contributed by atoms with Crippen LogP contribution in [0.2, 0.25) is 0 Å². The number of piperidine rings is 1. The summed E-state index contributed by atoms with van der Waals surface area (Å²) in [5, 5.41) is 9.32. The maximum Gasteiger partial charge on any atom is 0.308 e. The highest BCUT2D eigenvalue weighted by atomic mass is 16.4. The number of carboxylic acids is 1. The normalized spacial score (nSPS) is 34.5. The maximum atomic E-state index is 11.3. The van der Waals surface area contributed by atoms with Crippen LogP contribution in [-0.4, -0.2) is 35.1 Å². The molecule has 0 bridgehead atoms. The minimum atomic E-state index is -0.584. The average molecular weight is 239 g/mol. The van der Waals surface area contributed by atoms with Crippen molar-refractivity contribution in [1.29, 1.82) is 0 Å². The highest BCUT2D eigenvalue weighted by Crippen LogP contribution is 2.35. The van der Waals surface area contributed by atoms with Crippen LogP contribution in [0.15, 0.2) is 0 Å². The van der Waals surface area contributed by atoms with Crippen molar-refractivity contribution in [3.05, 3.63) is 0 Å². The molecule has 2 rings (SSSR count). The minimum Gasteiger partial charge on any atom is -0.481 e. The molecule has 0 aromatic heterocycles. The molecule has 3 nitrogen and oxygen atoms in total. The van der Waals surface area contributed by atoms with Crippen molar-refractivity contribution in [3.63, 3.8) is 0 Å². The third-order valence-electron chi connectivity index (χ3n) is 4.67. The lowest BCUT2D eigenvalue weighted by atomic mass is 9.78. The molecule has 2 atom stereocenters. The molecule has 1 saturated carbocycles. The highest BCUT2D eigenvalue weighted by molar-refractivity contribution is 5.71. The van der Waals surface area contributed by atoms with Gasteiger partial charge in [-0.15, -0.1) is 0 Å². The van der Waals surface area contributed by atoms with Crippen LogP contribution in [0.4, 0.5) is 0 Å². The summed E-state index contributed by atoms with van der Waals surface area (Å²) in [6, 6.07) is 0.303. The first kappa shape index (κ1) is 12.9. The molecule has 1 saturated heterocycles. The fourth-order valence-corrected chi connectivity index (χ4v) is 3.30. The molecular weight excluding hydrogens is 214 g/mol. The van der Waals surface area contributed by atoms with E-state index < -0.39 is 5.97 Å². The van der Waals surface area contributed by atoms with Gasteiger partial charge in [0.25, 0.3) is 0 Å². The van der Waals surface area contributed by atoms with Gasteiger partial charge in [-0.05, 0) is 44.2 Å². The number of carboxylic acid groups (broad SMARTS) is 1. The van der Waals surface area contributed by atoms with Crippen LogP contribution in [0.3, 0.4) is 0 Å². The Morgan fingerprint density at radius 3 is 2.35 bits per heavy atom. The Labute approximate surface area is 104 Å². The molecular formula is C14H25NO2. The van der Waals surface area contributed by atoms with Gasteiger partial charge in [-0.3, -0.25) is 9.69 Å². The first-order valence-corrected chi connectivity index (χ1v) is 6.96. The Balaban J connectivity index is 1.98. The molecule has 98 valence electrons. The van der Waals surface area contributed by atoms with Crippen molar-refractivity contribution < 1.29 is 9.90 Å². The second kappa shape index (κ2) is 4.97. The van der Waals surface area contributed by atoms with Crippen LogP contribution >= 0.6 is 0 Å². The Hall–Kier alpha value is -0.570. The average Bonchev–Trinajstić information content (AvgIpc) is 2.29. The van der Waals surface area contributed by atoms with E-state index in [0.717, 1.165) is 32.4 Å². The molecule has 0 spiro atoms. The second-order valence-corrected chi connectivity index (χ2v) is 6.50. The largest absolute Gasteiger partial charge is 0.481 e. The monoisotopic (exact) mass is 239 g/mol. The molecule has 1 N–H and O–H groups in total. The molecule has 2 fully saturated rings. The van der Waals surface area contributed by atoms with Gasteiger partial charge in [0.15, 0.2) is 0 Å². The first-order chi connectivity index (χ1) is 7.99. The van der Waals surface area contributed by atoms with Crippen LogP contribution < -0.4 is 0 Å². The van der Waals surface area contributed by atoms with Crippen molar-refractivity contribution in [2.75, 3.05) is 13.1 Å². The topological polar surface area (TPSA) is 40.5 Å². The molecule has 2 aliphatic rings.